The summed E-state index contributed by atoms with van der Waals surface area (Å²) in [5.41, 5.74) is 2.60. The molecule has 0 aliphatic heterocycles. The molecule has 17 heavy (non-hydrogen) atoms. The highest BCUT2D eigenvalue weighted by Gasteiger charge is 2.06. The van der Waals surface area contributed by atoms with E-state index in [-0.39, 0.29) is 12.6 Å². The molecule has 1 atom stereocenters. The van der Waals surface area contributed by atoms with Crippen LogP contribution in [0.3, 0.4) is 0 Å². The summed E-state index contributed by atoms with van der Waals surface area (Å²) in [6, 6.07) is 8.85. The maximum atomic E-state index is 9.10. The van der Waals surface area contributed by atoms with Gasteiger partial charge in [-0.15, -0.1) is 0 Å². The second kappa shape index (κ2) is 7.30. The summed E-state index contributed by atoms with van der Waals surface area (Å²) < 4.78 is 0. The predicted molar refractivity (Wildman–Crippen MR) is 73.6 cm³/mol. The highest BCUT2D eigenvalue weighted by molar-refractivity contribution is 5.46. The Morgan fingerprint density at radius 1 is 1.29 bits per heavy atom. The Kier molecular flexibility index (Phi) is 6.01. The Hall–Kier alpha value is -1.06. The Morgan fingerprint density at radius 3 is 2.41 bits per heavy atom. The second-order valence-corrected chi connectivity index (χ2v) is 4.40. The topological polar surface area (TPSA) is 35.5 Å². The molecular formula is C14H24N2O. The number of benzene rings is 1. The Bertz CT molecular complexity index is 307. The van der Waals surface area contributed by atoms with Crippen molar-refractivity contribution < 1.29 is 5.11 Å². The number of aliphatic hydroxyl groups excluding tert-OH is 1. The van der Waals surface area contributed by atoms with Crippen molar-refractivity contribution in [2.75, 3.05) is 32.1 Å². The van der Waals surface area contributed by atoms with E-state index in [2.05, 4.69) is 48.5 Å². The van der Waals surface area contributed by atoms with E-state index in [1.165, 1.54) is 11.3 Å². The molecule has 3 heteroatoms. The molecule has 0 radical (unpaired) electrons. The van der Waals surface area contributed by atoms with Gasteiger partial charge in [0.15, 0.2) is 0 Å². The maximum absolute atomic E-state index is 9.10. The van der Waals surface area contributed by atoms with Gasteiger partial charge in [0.05, 0.1) is 6.61 Å². The number of likely N-dealkylation sites (N-methyl/N-ethyl adjacent to an activating group) is 1. The van der Waals surface area contributed by atoms with Crippen molar-refractivity contribution in [1.29, 1.82) is 0 Å². The molecule has 0 heterocycles. The quantitative estimate of drug-likeness (QED) is 0.756. The van der Waals surface area contributed by atoms with Crippen LogP contribution in [0.4, 0.5) is 5.69 Å². The average Bonchev–Trinajstić information content (AvgIpc) is 2.39. The lowest BCUT2D eigenvalue weighted by molar-refractivity contribution is 0.243. The lowest BCUT2D eigenvalue weighted by Crippen LogP contribution is -2.33. The zero-order valence-electron chi connectivity index (χ0n) is 11.1. The lowest BCUT2D eigenvalue weighted by atomic mass is 10.1. The molecule has 0 aromatic heterocycles. The van der Waals surface area contributed by atoms with Crippen molar-refractivity contribution in [3.8, 4) is 0 Å². The molecular weight excluding hydrogens is 212 g/mol. The van der Waals surface area contributed by atoms with Crippen LogP contribution in [-0.2, 0) is 6.42 Å². The first-order valence-electron chi connectivity index (χ1n) is 6.29. The number of hydrogen-bond donors (Lipinski definition) is 2. The third kappa shape index (κ3) is 4.36. The summed E-state index contributed by atoms with van der Waals surface area (Å²) in [6.45, 7) is 3.30. The molecule has 0 saturated heterocycles. The molecule has 1 aromatic rings. The van der Waals surface area contributed by atoms with Crippen LogP contribution in [0.5, 0.6) is 0 Å². The van der Waals surface area contributed by atoms with Crippen molar-refractivity contribution in [1.82, 2.24) is 5.32 Å². The van der Waals surface area contributed by atoms with Gasteiger partial charge in [0.25, 0.3) is 0 Å². The minimum Gasteiger partial charge on any atom is -0.395 e. The van der Waals surface area contributed by atoms with Crippen molar-refractivity contribution in [2.24, 2.45) is 0 Å². The van der Waals surface area contributed by atoms with E-state index in [0.717, 1.165) is 19.4 Å². The van der Waals surface area contributed by atoms with Crippen LogP contribution >= 0.6 is 0 Å². The maximum Gasteiger partial charge on any atom is 0.0585 e. The van der Waals surface area contributed by atoms with E-state index in [9.17, 15) is 0 Å². The minimum atomic E-state index is 0.187. The molecule has 0 aliphatic carbocycles. The minimum absolute atomic E-state index is 0.187. The number of anilines is 1. The van der Waals surface area contributed by atoms with Crippen LogP contribution in [0.25, 0.3) is 0 Å². The summed E-state index contributed by atoms with van der Waals surface area (Å²) >= 11 is 0. The molecule has 96 valence electrons. The van der Waals surface area contributed by atoms with Crippen LogP contribution in [0.15, 0.2) is 24.3 Å². The molecule has 1 rings (SSSR count). The van der Waals surface area contributed by atoms with E-state index < -0.39 is 0 Å². The predicted octanol–water partition coefficient (Wildman–Crippen LogP) is 1.66. The summed E-state index contributed by atoms with van der Waals surface area (Å²) in [5.74, 6) is 0. The van der Waals surface area contributed by atoms with Gasteiger partial charge < -0.3 is 15.3 Å². The fourth-order valence-electron chi connectivity index (χ4n) is 1.79. The zero-order chi connectivity index (χ0) is 12.7. The number of hydrogen-bond acceptors (Lipinski definition) is 3. The van der Waals surface area contributed by atoms with Gasteiger partial charge in [-0.25, -0.2) is 0 Å². The van der Waals surface area contributed by atoms with Crippen molar-refractivity contribution in [3.63, 3.8) is 0 Å². The largest absolute Gasteiger partial charge is 0.395 e. The summed E-state index contributed by atoms with van der Waals surface area (Å²) in [6.07, 6.45) is 2.02. The van der Waals surface area contributed by atoms with Gasteiger partial charge >= 0.3 is 0 Å². The van der Waals surface area contributed by atoms with Gasteiger partial charge in [0.2, 0.25) is 0 Å². The van der Waals surface area contributed by atoms with Crippen molar-refractivity contribution >= 4 is 5.69 Å². The summed E-state index contributed by atoms with van der Waals surface area (Å²) in [7, 11) is 3.97. The molecule has 0 fully saturated rings. The van der Waals surface area contributed by atoms with Crippen LogP contribution in [0.2, 0.25) is 0 Å². The highest BCUT2D eigenvalue weighted by atomic mass is 16.3. The smallest absolute Gasteiger partial charge is 0.0585 e. The van der Waals surface area contributed by atoms with Gasteiger partial charge in [-0.2, -0.15) is 0 Å². The molecule has 3 nitrogen and oxygen atoms in total. The Balaban J connectivity index is 2.48. The normalized spacial score (nSPS) is 12.5. The average molecular weight is 236 g/mol. The fraction of sp³-hybridized carbons (Fsp3) is 0.571. The van der Waals surface area contributed by atoms with E-state index in [0.29, 0.717) is 0 Å². The first-order valence-corrected chi connectivity index (χ1v) is 6.29. The van der Waals surface area contributed by atoms with Gasteiger partial charge in [0.1, 0.15) is 0 Å². The van der Waals surface area contributed by atoms with Gasteiger partial charge in [-0.05, 0) is 37.6 Å². The fourth-order valence-corrected chi connectivity index (χ4v) is 1.79. The molecule has 0 saturated carbocycles. The van der Waals surface area contributed by atoms with Crippen molar-refractivity contribution in [2.45, 2.75) is 25.8 Å². The van der Waals surface area contributed by atoms with Gasteiger partial charge in [0, 0.05) is 25.3 Å². The number of nitrogens with one attached hydrogen (secondary N) is 1. The van der Waals surface area contributed by atoms with Gasteiger partial charge in [-0.1, -0.05) is 19.1 Å². The van der Waals surface area contributed by atoms with E-state index >= 15 is 0 Å². The Morgan fingerprint density at radius 2 is 1.94 bits per heavy atom. The molecule has 1 aromatic carbocycles. The third-order valence-electron chi connectivity index (χ3n) is 3.23. The summed E-state index contributed by atoms with van der Waals surface area (Å²) in [4.78, 5) is 2.22. The van der Waals surface area contributed by atoms with E-state index in [4.69, 9.17) is 5.11 Å². The molecule has 2 N–H and O–H groups in total. The number of aryl methyl sites for hydroxylation is 1. The second-order valence-electron chi connectivity index (χ2n) is 4.40. The standard InChI is InChI=1S/C14H24N2O/c1-4-12-5-7-14(8-6-12)16(3)10-9-13(11-17)15-2/h5-8,13,15,17H,4,9-11H2,1-3H3. The molecule has 0 bridgehead atoms. The Labute approximate surface area is 104 Å². The lowest BCUT2D eigenvalue weighted by Gasteiger charge is -2.22. The first kappa shape index (κ1) is 14.0. The van der Waals surface area contributed by atoms with Crippen LogP contribution in [0.1, 0.15) is 18.9 Å². The SMILES string of the molecule is CCc1ccc(N(C)CCC(CO)NC)cc1. The van der Waals surface area contributed by atoms with Crippen molar-refractivity contribution in [3.05, 3.63) is 29.8 Å². The molecule has 0 spiro atoms. The molecule has 0 amide bonds. The molecule has 1 unspecified atom stereocenters. The first-order chi connectivity index (χ1) is 8.21. The van der Waals surface area contributed by atoms with E-state index in [1.54, 1.807) is 0 Å². The van der Waals surface area contributed by atoms with Crippen LogP contribution in [0, 0.1) is 0 Å². The van der Waals surface area contributed by atoms with Gasteiger partial charge in [-0.3, -0.25) is 0 Å². The number of rotatable bonds is 7. The van der Waals surface area contributed by atoms with Crippen LogP contribution in [-0.4, -0.2) is 38.4 Å². The molecule has 0 aliphatic rings. The highest BCUT2D eigenvalue weighted by Crippen LogP contribution is 2.14. The number of nitrogens with zero attached hydrogens (tertiary/aromatic N) is 1. The zero-order valence-corrected chi connectivity index (χ0v) is 11.1. The van der Waals surface area contributed by atoms with E-state index in [1.807, 2.05) is 7.05 Å². The summed E-state index contributed by atoms with van der Waals surface area (Å²) in [5, 5.41) is 12.2. The van der Waals surface area contributed by atoms with Crippen LogP contribution < -0.4 is 10.2 Å². The monoisotopic (exact) mass is 236 g/mol. The third-order valence-corrected chi connectivity index (χ3v) is 3.23. The number of aliphatic hydroxyl groups is 1.